The van der Waals surface area contributed by atoms with E-state index in [1.54, 1.807) is 0 Å². The first-order chi connectivity index (χ1) is 9.99. The lowest BCUT2D eigenvalue weighted by Gasteiger charge is -2.15. The van der Waals surface area contributed by atoms with Crippen LogP contribution in [0.15, 0.2) is 30.3 Å². The molecule has 2 N–H and O–H groups in total. The molecule has 118 valence electrons. The molecule has 0 aliphatic carbocycles. The summed E-state index contributed by atoms with van der Waals surface area (Å²) in [6, 6.07) is 10.6. The van der Waals surface area contributed by atoms with Crippen molar-refractivity contribution in [2.24, 2.45) is 5.92 Å². The van der Waals surface area contributed by atoms with Gasteiger partial charge in [0.1, 0.15) is 0 Å². The van der Waals surface area contributed by atoms with Gasteiger partial charge in [0.25, 0.3) is 6.47 Å². The Morgan fingerprint density at radius 2 is 1.81 bits per heavy atom. The van der Waals surface area contributed by atoms with Crippen LogP contribution in [0.2, 0.25) is 0 Å². The summed E-state index contributed by atoms with van der Waals surface area (Å²) in [5, 5.41) is 9.95. The van der Waals surface area contributed by atoms with Crippen molar-refractivity contribution < 1.29 is 14.7 Å². The van der Waals surface area contributed by atoms with Crippen LogP contribution in [0.3, 0.4) is 0 Å². The smallest absolute Gasteiger partial charge is 0.290 e. The first-order valence-electron chi connectivity index (χ1n) is 7.40. The molecular weight excluding hydrogens is 266 g/mol. The standard InChI is InChI=1S/C16H25NO.CH2O2/c1-13(2)12-14(3)17-16(18)11-7-10-15-8-5-4-6-9-15;2-1-3/h4-6,8-9,13-14H,7,10-12H2,1-3H3,(H,17,18);1H,(H,2,3). The van der Waals surface area contributed by atoms with Crippen LogP contribution < -0.4 is 5.32 Å². The monoisotopic (exact) mass is 293 g/mol. The van der Waals surface area contributed by atoms with Crippen LogP contribution in [0.1, 0.15) is 45.6 Å². The first-order valence-corrected chi connectivity index (χ1v) is 7.40. The Bertz CT molecular complexity index is 390. The van der Waals surface area contributed by atoms with E-state index in [1.165, 1.54) is 5.56 Å². The van der Waals surface area contributed by atoms with Crippen molar-refractivity contribution >= 4 is 12.4 Å². The number of nitrogens with one attached hydrogen (secondary N) is 1. The summed E-state index contributed by atoms with van der Waals surface area (Å²) < 4.78 is 0. The van der Waals surface area contributed by atoms with Crippen molar-refractivity contribution in [3.05, 3.63) is 35.9 Å². The van der Waals surface area contributed by atoms with E-state index in [4.69, 9.17) is 9.90 Å². The van der Waals surface area contributed by atoms with E-state index >= 15 is 0 Å². The van der Waals surface area contributed by atoms with Crippen LogP contribution in [0.25, 0.3) is 0 Å². The maximum Gasteiger partial charge on any atom is 0.290 e. The van der Waals surface area contributed by atoms with Crippen LogP contribution >= 0.6 is 0 Å². The summed E-state index contributed by atoms with van der Waals surface area (Å²) in [6.07, 6.45) is 3.57. The Balaban J connectivity index is 0.00000122. The molecule has 0 aliphatic heterocycles. The second kappa shape index (κ2) is 11.9. The van der Waals surface area contributed by atoms with Crippen LogP contribution in [0.4, 0.5) is 0 Å². The van der Waals surface area contributed by atoms with Crippen molar-refractivity contribution in [2.45, 2.75) is 52.5 Å². The summed E-state index contributed by atoms with van der Waals surface area (Å²) in [5.74, 6) is 0.809. The van der Waals surface area contributed by atoms with Gasteiger partial charge in [0, 0.05) is 12.5 Å². The molecule has 0 bridgehead atoms. The van der Waals surface area contributed by atoms with E-state index in [1.807, 2.05) is 18.2 Å². The molecule has 21 heavy (non-hydrogen) atoms. The minimum Gasteiger partial charge on any atom is -0.483 e. The zero-order valence-electron chi connectivity index (χ0n) is 13.2. The lowest BCUT2D eigenvalue weighted by Crippen LogP contribution is -2.33. The molecule has 1 amide bonds. The Morgan fingerprint density at radius 1 is 1.24 bits per heavy atom. The Labute approximate surface area is 127 Å². The maximum absolute atomic E-state index is 11.7. The Kier molecular flexibility index (Phi) is 10.9. The first kappa shape index (κ1) is 19.2. The zero-order valence-corrected chi connectivity index (χ0v) is 13.2. The SMILES string of the molecule is CC(C)CC(C)NC(=O)CCCc1ccccc1.O=CO. The molecule has 1 aromatic rings. The molecule has 0 spiro atoms. The van der Waals surface area contributed by atoms with Crippen LogP contribution in [-0.2, 0) is 16.0 Å². The third kappa shape index (κ3) is 11.7. The van der Waals surface area contributed by atoms with E-state index in [2.05, 4.69) is 38.2 Å². The Morgan fingerprint density at radius 3 is 2.33 bits per heavy atom. The normalized spacial score (nSPS) is 11.2. The number of amides is 1. The lowest BCUT2D eigenvalue weighted by molar-refractivity contribution is -0.123. The molecule has 4 heteroatoms. The highest BCUT2D eigenvalue weighted by Gasteiger charge is 2.08. The molecule has 0 heterocycles. The molecular formula is C17H27NO3. The van der Waals surface area contributed by atoms with Crippen LogP contribution in [0, 0.1) is 5.92 Å². The largest absolute Gasteiger partial charge is 0.483 e. The second-order valence-electron chi connectivity index (χ2n) is 5.54. The number of hydrogen-bond donors (Lipinski definition) is 2. The van der Waals surface area contributed by atoms with Gasteiger partial charge in [0.15, 0.2) is 0 Å². The van der Waals surface area contributed by atoms with Crippen molar-refractivity contribution in [2.75, 3.05) is 0 Å². The van der Waals surface area contributed by atoms with E-state index in [9.17, 15) is 4.79 Å². The van der Waals surface area contributed by atoms with Gasteiger partial charge in [-0.25, -0.2) is 0 Å². The average molecular weight is 293 g/mol. The van der Waals surface area contributed by atoms with Gasteiger partial charge in [-0.05, 0) is 37.7 Å². The fraction of sp³-hybridized carbons (Fsp3) is 0.529. The highest BCUT2D eigenvalue weighted by molar-refractivity contribution is 5.76. The van der Waals surface area contributed by atoms with Gasteiger partial charge >= 0.3 is 0 Å². The van der Waals surface area contributed by atoms with E-state index in [-0.39, 0.29) is 18.4 Å². The van der Waals surface area contributed by atoms with Gasteiger partial charge < -0.3 is 10.4 Å². The van der Waals surface area contributed by atoms with Crippen molar-refractivity contribution in [3.63, 3.8) is 0 Å². The summed E-state index contributed by atoms with van der Waals surface area (Å²) in [5.41, 5.74) is 1.31. The average Bonchev–Trinajstić information content (AvgIpc) is 2.39. The highest BCUT2D eigenvalue weighted by Crippen LogP contribution is 2.06. The molecule has 4 nitrogen and oxygen atoms in total. The number of aryl methyl sites for hydroxylation is 1. The van der Waals surface area contributed by atoms with E-state index < -0.39 is 0 Å². The number of carbonyl (C=O) groups is 2. The molecule has 0 aliphatic rings. The Hall–Kier alpha value is -1.84. The number of carboxylic acid groups (broad SMARTS) is 1. The van der Waals surface area contributed by atoms with Crippen molar-refractivity contribution in [1.29, 1.82) is 0 Å². The third-order valence-corrected chi connectivity index (χ3v) is 2.94. The molecule has 0 saturated carbocycles. The van der Waals surface area contributed by atoms with Gasteiger partial charge in [-0.15, -0.1) is 0 Å². The van der Waals surface area contributed by atoms with Gasteiger partial charge in [-0.3, -0.25) is 9.59 Å². The highest BCUT2D eigenvalue weighted by atomic mass is 16.3. The molecule has 1 atom stereocenters. The third-order valence-electron chi connectivity index (χ3n) is 2.94. The molecule has 0 fully saturated rings. The number of benzene rings is 1. The number of rotatable bonds is 7. The van der Waals surface area contributed by atoms with Crippen LogP contribution in [0.5, 0.6) is 0 Å². The lowest BCUT2D eigenvalue weighted by atomic mass is 10.0. The zero-order chi connectivity index (χ0) is 16.1. The second-order valence-corrected chi connectivity index (χ2v) is 5.54. The van der Waals surface area contributed by atoms with Crippen molar-refractivity contribution in [1.82, 2.24) is 5.32 Å². The van der Waals surface area contributed by atoms with Gasteiger partial charge in [-0.1, -0.05) is 44.2 Å². The minimum absolute atomic E-state index is 0.180. The predicted octanol–water partition coefficient (Wildman–Crippen LogP) is 3.26. The molecule has 0 radical (unpaired) electrons. The fourth-order valence-corrected chi connectivity index (χ4v) is 2.21. The molecule has 0 aromatic heterocycles. The number of hydrogen-bond acceptors (Lipinski definition) is 2. The van der Waals surface area contributed by atoms with Gasteiger partial charge in [-0.2, -0.15) is 0 Å². The van der Waals surface area contributed by atoms with E-state index in [0.717, 1.165) is 19.3 Å². The minimum atomic E-state index is -0.250. The molecule has 0 saturated heterocycles. The maximum atomic E-state index is 11.7. The predicted molar refractivity (Wildman–Crippen MR) is 85.1 cm³/mol. The quantitative estimate of drug-likeness (QED) is 0.758. The van der Waals surface area contributed by atoms with Crippen molar-refractivity contribution in [3.8, 4) is 0 Å². The summed E-state index contributed by atoms with van der Waals surface area (Å²) in [6.45, 7) is 6.19. The number of carbonyl (C=O) groups excluding carboxylic acids is 1. The summed E-state index contributed by atoms with van der Waals surface area (Å²) in [7, 11) is 0. The topological polar surface area (TPSA) is 66.4 Å². The molecule has 1 rings (SSSR count). The summed E-state index contributed by atoms with van der Waals surface area (Å²) >= 11 is 0. The molecule has 1 unspecified atom stereocenters. The summed E-state index contributed by atoms with van der Waals surface area (Å²) in [4.78, 5) is 20.1. The van der Waals surface area contributed by atoms with Gasteiger partial charge in [0.05, 0.1) is 0 Å². The fourth-order valence-electron chi connectivity index (χ4n) is 2.21. The van der Waals surface area contributed by atoms with Gasteiger partial charge in [0.2, 0.25) is 5.91 Å². The van der Waals surface area contributed by atoms with Crippen LogP contribution in [-0.4, -0.2) is 23.5 Å². The van der Waals surface area contributed by atoms with E-state index in [0.29, 0.717) is 12.3 Å². The molecule has 1 aromatic carbocycles.